The Morgan fingerprint density at radius 2 is 1.43 bits per heavy atom. The molecule has 36 valence electrons. The van der Waals surface area contributed by atoms with Crippen LogP contribution >= 0.6 is 0 Å². The molecule has 0 saturated heterocycles. The number of hydrogen-bond acceptors (Lipinski definition) is 2. The Morgan fingerprint density at radius 3 is 1.43 bits per heavy atom. The minimum Gasteiger partial charge on any atom is -1.00 e. The molecule has 0 unspecified atom stereocenters. The van der Waals surface area contributed by atoms with Gasteiger partial charge in [-0.2, -0.15) is 4.21 Å². The summed E-state index contributed by atoms with van der Waals surface area (Å²) in [6.07, 6.45) is 0. The minimum atomic E-state index is -3.83. The standard InChI is InChI=1S/2Li.H2O3S2.2H/c;;1-5(2,3)4;;/h;;(H2,1,2,3,4);;/q2*+1;;2*-1. The third kappa shape index (κ3) is 102. The molecule has 0 rings (SSSR count). The van der Waals surface area contributed by atoms with E-state index in [1.807, 2.05) is 0 Å². The van der Waals surface area contributed by atoms with Gasteiger partial charge in [-0.15, -0.1) is 0 Å². The van der Waals surface area contributed by atoms with Crippen LogP contribution in [-0.2, 0) is 20.2 Å². The van der Waals surface area contributed by atoms with Crippen LogP contribution < -0.4 is 37.7 Å². The smallest absolute Gasteiger partial charge is 1.00 e. The summed E-state index contributed by atoms with van der Waals surface area (Å²) >= 11 is 3.47. The fraction of sp³-hybridized carbons (Fsp3) is 0. The molecule has 0 aromatic carbocycles. The second kappa shape index (κ2) is 5.62. The van der Waals surface area contributed by atoms with Gasteiger partial charge in [0.15, 0.2) is 0 Å². The molecule has 0 aromatic heterocycles. The van der Waals surface area contributed by atoms with Crippen molar-refractivity contribution in [3.05, 3.63) is 0 Å². The molecule has 0 fully saturated rings. The molecule has 2 N–H and O–H groups in total. The van der Waals surface area contributed by atoms with Crippen molar-refractivity contribution in [1.29, 1.82) is 0 Å². The fourth-order valence-corrected chi connectivity index (χ4v) is 0. The summed E-state index contributed by atoms with van der Waals surface area (Å²) in [4.78, 5) is 0. The van der Waals surface area contributed by atoms with Gasteiger partial charge in [0.25, 0.3) is 9.05 Å². The average molecular weight is 130 g/mol. The van der Waals surface area contributed by atoms with Crippen LogP contribution in [0, 0.1) is 0 Å². The SMILES string of the molecule is O=S(O)(O)=S.[H-].[H-].[Li+].[Li+]. The van der Waals surface area contributed by atoms with E-state index in [1.165, 1.54) is 0 Å². The van der Waals surface area contributed by atoms with Crippen LogP contribution in [0.25, 0.3) is 0 Å². The van der Waals surface area contributed by atoms with Gasteiger partial charge in [-0.25, -0.2) is 0 Å². The first-order valence-corrected chi connectivity index (χ1v) is 3.10. The Balaban J connectivity index is -0.0000000133. The molecule has 0 bridgehead atoms. The molecule has 0 atom stereocenters. The van der Waals surface area contributed by atoms with Crippen molar-refractivity contribution in [3.8, 4) is 0 Å². The third-order valence-electron chi connectivity index (χ3n) is 0. The van der Waals surface area contributed by atoms with Crippen LogP contribution in [0.4, 0.5) is 0 Å². The molecule has 0 spiro atoms. The summed E-state index contributed by atoms with van der Waals surface area (Å²) in [6, 6.07) is 0. The van der Waals surface area contributed by atoms with Crippen molar-refractivity contribution in [2.45, 2.75) is 0 Å². The third-order valence-corrected chi connectivity index (χ3v) is 0. The van der Waals surface area contributed by atoms with Gasteiger partial charge in [-0.05, 0) is 0 Å². The quantitative estimate of drug-likeness (QED) is 0.320. The second-order valence-corrected chi connectivity index (χ2v) is 2.65. The Kier molecular flexibility index (Phi) is 12.7. The molecule has 0 aliphatic rings. The Morgan fingerprint density at radius 1 is 1.43 bits per heavy atom. The van der Waals surface area contributed by atoms with Gasteiger partial charge in [0, 0.05) is 11.2 Å². The van der Waals surface area contributed by atoms with E-state index in [0.29, 0.717) is 0 Å². The molecule has 3 nitrogen and oxygen atoms in total. The van der Waals surface area contributed by atoms with Crippen LogP contribution in [0.5, 0.6) is 0 Å². The second-order valence-electron chi connectivity index (χ2n) is 0.448. The van der Waals surface area contributed by atoms with Crippen molar-refractivity contribution >= 4 is 20.2 Å². The predicted molar refractivity (Wildman–Crippen MR) is 23.0 cm³/mol. The summed E-state index contributed by atoms with van der Waals surface area (Å²) in [5.74, 6) is 0. The Labute approximate surface area is 73.9 Å². The first-order valence-electron chi connectivity index (χ1n) is 0.698. The molecule has 0 saturated carbocycles. The average Bonchev–Trinajstić information content (AvgIpc) is 0.722. The van der Waals surface area contributed by atoms with Crippen molar-refractivity contribution in [2.75, 3.05) is 0 Å². The Hall–Kier alpha value is 1.48. The zero-order valence-electron chi connectivity index (χ0n) is 6.12. The van der Waals surface area contributed by atoms with Crippen LogP contribution in [-0.4, -0.2) is 13.3 Å². The van der Waals surface area contributed by atoms with Crippen LogP contribution in [0.3, 0.4) is 0 Å². The Bertz CT molecular complexity index is 101. The number of rotatable bonds is 0. The van der Waals surface area contributed by atoms with Crippen molar-refractivity contribution in [2.24, 2.45) is 0 Å². The van der Waals surface area contributed by atoms with Gasteiger partial charge in [0.05, 0.1) is 0 Å². The van der Waals surface area contributed by atoms with Crippen LogP contribution in [0.1, 0.15) is 2.85 Å². The van der Waals surface area contributed by atoms with Gasteiger partial charge in [0.1, 0.15) is 0 Å². The molecule has 0 aromatic rings. The van der Waals surface area contributed by atoms with Gasteiger partial charge >= 0.3 is 37.7 Å². The van der Waals surface area contributed by atoms with Gasteiger partial charge in [-0.1, -0.05) is 0 Å². The van der Waals surface area contributed by atoms with Crippen LogP contribution in [0.2, 0.25) is 0 Å². The molecule has 7 heavy (non-hydrogen) atoms. The van der Waals surface area contributed by atoms with E-state index in [0.717, 1.165) is 0 Å². The van der Waals surface area contributed by atoms with E-state index >= 15 is 0 Å². The monoisotopic (exact) mass is 130 g/mol. The topological polar surface area (TPSA) is 57.5 Å². The zero-order chi connectivity index (χ0) is 4.50. The van der Waals surface area contributed by atoms with E-state index in [4.69, 9.17) is 13.3 Å². The molecule has 0 radical (unpaired) electrons. The maximum Gasteiger partial charge on any atom is 1.00 e. The van der Waals surface area contributed by atoms with E-state index in [1.54, 1.807) is 0 Å². The zero-order valence-corrected chi connectivity index (χ0v) is 5.75. The molecule has 0 aliphatic carbocycles. The van der Waals surface area contributed by atoms with Gasteiger partial charge in [0.2, 0.25) is 0 Å². The minimum absolute atomic E-state index is 0. The summed E-state index contributed by atoms with van der Waals surface area (Å²) in [7, 11) is -3.83. The summed E-state index contributed by atoms with van der Waals surface area (Å²) in [6.45, 7) is 0. The molecule has 0 amide bonds. The first-order chi connectivity index (χ1) is 2.00. The summed E-state index contributed by atoms with van der Waals surface area (Å²) in [5, 5.41) is 0. The van der Waals surface area contributed by atoms with E-state index < -0.39 is 9.05 Å². The van der Waals surface area contributed by atoms with Gasteiger partial charge < -0.3 is 2.85 Å². The fourth-order valence-electron chi connectivity index (χ4n) is 0. The molecule has 7 heteroatoms. The van der Waals surface area contributed by atoms with E-state index in [9.17, 15) is 0 Å². The number of hydrogen-bond donors (Lipinski definition) is 2. The maximum absolute atomic E-state index is 9.11. The molecule has 0 aliphatic heterocycles. The predicted octanol–water partition coefficient (Wildman–Crippen LogP) is -6.09. The molecular weight excluding hydrogens is 126 g/mol. The summed E-state index contributed by atoms with van der Waals surface area (Å²) < 4.78 is 24.0. The van der Waals surface area contributed by atoms with Gasteiger partial charge in [-0.3, -0.25) is 9.11 Å². The van der Waals surface area contributed by atoms with Crippen molar-refractivity contribution in [1.82, 2.24) is 0 Å². The van der Waals surface area contributed by atoms with Crippen molar-refractivity contribution < 1.29 is 53.9 Å². The van der Waals surface area contributed by atoms with Crippen molar-refractivity contribution in [3.63, 3.8) is 0 Å². The summed E-state index contributed by atoms with van der Waals surface area (Å²) in [5.41, 5.74) is 0. The normalized spacial score (nSPS) is 8.29. The first kappa shape index (κ1) is 15.8. The molecule has 0 heterocycles. The van der Waals surface area contributed by atoms with E-state index in [2.05, 4.69) is 11.2 Å². The van der Waals surface area contributed by atoms with Crippen LogP contribution in [0.15, 0.2) is 0 Å². The van der Waals surface area contributed by atoms with E-state index in [-0.39, 0.29) is 40.6 Å². The largest absolute Gasteiger partial charge is 1.00 e. The molecular formula is H4Li2O3S2. The maximum atomic E-state index is 9.11.